The van der Waals surface area contributed by atoms with Crippen LogP contribution in [0.25, 0.3) is 0 Å². The molecule has 6 heteroatoms. The summed E-state index contributed by atoms with van der Waals surface area (Å²) in [5.74, 6) is -1.01. The topological polar surface area (TPSA) is 78.9 Å². The van der Waals surface area contributed by atoms with Crippen LogP contribution in [0, 0.1) is 0 Å². The van der Waals surface area contributed by atoms with Crippen LogP contribution in [0.15, 0.2) is 97.2 Å². The molecule has 0 aliphatic rings. The third-order valence-corrected chi connectivity index (χ3v) is 11.8. The summed E-state index contributed by atoms with van der Waals surface area (Å²) in [5.41, 5.74) is 0. The summed E-state index contributed by atoms with van der Waals surface area (Å²) in [5, 5.41) is 0. The van der Waals surface area contributed by atoms with Crippen LogP contribution in [0.2, 0.25) is 0 Å². The molecule has 1 unspecified atom stereocenters. The van der Waals surface area contributed by atoms with Gasteiger partial charge in [-0.1, -0.05) is 234 Å². The first-order valence-electron chi connectivity index (χ1n) is 28.3. The first kappa shape index (κ1) is 64.3. The molecule has 0 radical (unpaired) electrons. The van der Waals surface area contributed by atoms with Crippen molar-refractivity contribution in [2.75, 3.05) is 13.2 Å². The first-order valence-corrected chi connectivity index (χ1v) is 28.3. The van der Waals surface area contributed by atoms with E-state index in [0.29, 0.717) is 19.3 Å². The van der Waals surface area contributed by atoms with Crippen LogP contribution in [0.1, 0.15) is 258 Å². The number of esters is 3. The molecule has 6 nitrogen and oxygen atoms in total. The molecule has 0 aromatic rings. The fourth-order valence-corrected chi connectivity index (χ4v) is 7.59. The van der Waals surface area contributed by atoms with Gasteiger partial charge in [0, 0.05) is 19.3 Å². The van der Waals surface area contributed by atoms with Crippen LogP contribution in [0.3, 0.4) is 0 Å². The Labute approximate surface area is 419 Å². The number of allylic oxidation sites excluding steroid dienone is 16. The van der Waals surface area contributed by atoms with Gasteiger partial charge in [0.15, 0.2) is 6.10 Å². The average Bonchev–Trinajstić information content (AvgIpc) is 3.34. The predicted molar refractivity (Wildman–Crippen MR) is 293 cm³/mol. The van der Waals surface area contributed by atoms with Crippen molar-refractivity contribution in [2.45, 2.75) is 264 Å². The molecule has 0 aliphatic carbocycles. The molecule has 0 saturated heterocycles. The number of carbonyl (C=O) groups excluding carboxylic acids is 3. The molecule has 1 atom stereocenters. The summed E-state index contributed by atoms with van der Waals surface area (Å²) in [6.07, 6.45) is 74.1. The molecule has 0 spiro atoms. The quantitative estimate of drug-likeness (QED) is 0.0199. The van der Waals surface area contributed by atoms with Crippen molar-refractivity contribution in [1.82, 2.24) is 0 Å². The van der Waals surface area contributed by atoms with Gasteiger partial charge in [-0.05, 0) is 103 Å². The maximum absolute atomic E-state index is 12.8. The fourth-order valence-electron chi connectivity index (χ4n) is 7.59. The van der Waals surface area contributed by atoms with Gasteiger partial charge in [-0.2, -0.15) is 0 Å². The van der Waals surface area contributed by atoms with Gasteiger partial charge in [-0.25, -0.2) is 0 Å². The van der Waals surface area contributed by atoms with Crippen LogP contribution >= 0.6 is 0 Å². The van der Waals surface area contributed by atoms with Gasteiger partial charge in [0.25, 0.3) is 0 Å². The molecule has 68 heavy (non-hydrogen) atoms. The van der Waals surface area contributed by atoms with Crippen LogP contribution in [-0.2, 0) is 28.6 Å². The van der Waals surface area contributed by atoms with E-state index in [2.05, 4.69) is 106 Å². The normalized spacial score (nSPS) is 12.8. The predicted octanol–water partition coefficient (Wildman–Crippen LogP) is 18.9. The molecular weight excluding hydrogens is 841 g/mol. The van der Waals surface area contributed by atoms with E-state index >= 15 is 0 Å². The number of carbonyl (C=O) groups is 3. The van der Waals surface area contributed by atoms with E-state index in [9.17, 15) is 14.4 Å². The van der Waals surface area contributed by atoms with E-state index in [1.54, 1.807) is 0 Å². The second-order valence-corrected chi connectivity index (χ2v) is 18.5. The fraction of sp³-hybridized carbons (Fsp3) is 0.694. The Bertz CT molecular complexity index is 1360. The highest BCUT2D eigenvalue weighted by Gasteiger charge is 2.19. The molecule has 388 valence electrons. The molecule has 0 aliphatic heterocycles. The third-order valence-electron chi connectivity index (χ3n) is 11.8. The number of unbranched alkanes of at least 4 members (excludes halogenated alkanes) is 24. The van der Waals surface area contributed by atoms with Crippen molar-refractivity contribution >= 4 is 17.9 Å². The van der Waals surface area contributed by atoms with E-state index < -0.39 is 12.1 Å². The van der Waals surface area contributed by atoms with Gasteiger partial charge in [-0.3, -0.25) is 14.4 Å². The lowest BCUT2D eigenvalue weighted by Gasteiger charge is -2.18. The van der Waals surface area contributed by atoms with Gasteiger partial charge in [0.05, 0.1) is 0 Å². The SMILES string of the molecule is CC/C=C\C/C=C\C/C=C\C/C=C\C/C=C\CCC(=O)OC(COC(=O)CCCCCCCC/C=C\C=C/CCCCC)COC(=O)CCCCCCCCC/C=C\CCCCCCCCCC. The Morgan fingerprint density at radius 2 is 0.647 bits per heavy atom. The first-order chi connectivity index (χ1) is 33.5. The maximum Gasteiger partial charge on any atom is 0.306 e. The summed E-state index contributed by atoms with van der Waals surface area (Å²) >= 11 is 0. The summed E-state index contributed by atoms with van der Waals surface area (Å²) < 4.78 is 16.8. The van der Waals surface area contributed by atoms with E-state index in [1.807, 2.05) is 12.2 Å². The van der Waals surface area contributed by atoms with Crippen LogP contribution < -0.4 is 0 Å². The van der Waals surface area contributed by atoms with E-state index in [1.165, 1.54) is 128 Å². The van der Waals surface area contributed by atoms with Crippen molar-refractivity contribution < 1.29 is 28.6 Å². The smallest absolute Gasteiger partial charge is 0.306 e. The Hall–Kier alpha value is -3.67. The van der Waals surface area contributed by atoms with Crippen LogP contribution in [0.5, 0.6) is 0 Å². The second-order valence-electron chi connectivity index (χ2n) is 18.5. The van der Waals surface area contributed by atoms with Crippen molar-refractivity contribution in [2.24, 2.45) is 0 Å². The molecule has 0 fully saturated rings. The second kappa shape index (κ2) is 55.9. The molecule has 0 bridgehead atoms. The monoisotopic (exact) mass is 945 g/mol. The lowest BCUT2D eigenvalue weighted by Crippen LogP contribution is -2.30. The van der Waals surface area contributed by atoms with Gasteiger partial charge in [0.1, 0.15) is 13.2 Å². The zero-order valence-electron chi connectivity index (χ0n) is 44.3. The number of hydrogen-bond acceptors (Lipinski definition) is 6. The Balaban J connectivity index is 4.49. The highest BCUT2D eigenvalue weighted by atomic mass is 16.6. The van der Waals surface area contributed by atoms with Gasteiger partial charge < -0.3 is 14.2 Å². The number of ether oxygens (including phenoxy) is 3. The molecule has 0 aromatic heterocycles. The van der Waals surface area contributed by atoms with E-state index in [0.717, 1.165) is 83.5 Å². The standard InChI is InChI=1S/C62H104O6/c1-4-7-10-13-16-19-22-25-28-30-31-32-35-37-40-43-46-49-52-55-61(64)67-58-59(57-66-60(63)54-51-48-45-42-39-36-33-27-24-21-18-15-12-9-6-3)68-62(65)56-53-50-47-44-41-38-34-29-26-23-20-17-14-11-8-5-2/h8,11,17-18,20-21,24,26-27,29-31,38,41,47,50,59H,4-7,9-10,12-16,19,22-23,25,28,32-37,39-40,42-46,48-49,51-58H2,1-3H3/b11-8-,20-17-,21-18-,27-24-,29-26-,31-30-,41-38-,50-47-. The minimum atomic E-state index is -0.825. The zero-order valence-corrected chi connectivity index (χ0v) is 44.3. The van der Waals surface area contributed by atoms with Crippen molar-refractivity contribution in [3.05, 3.63) is 97.2 Å². The highest BCUT2D eigenvalue weighted by Crippen LogP contribution is 2.14. The third kappa shape index (κ3) is 53.3. The molecule has 0 aromatic carbocycles. The number of hydrogen-bond donors (Lipinski definition) is 0. The Morgan fingerprint density at radius 1 is 0.324 bits per heavy atom. The lowest BCUT2D eigenvalue weighted by atomic mass is 10.1. The number of rotatable bonds is 50. The van der Waals surface area contributed by atoms with E-state index in [-0.39, 0.29) is 31.6 Å². The molecule has 0 N–H and O–H groups in total. The van der Waals surface area contributed by atoms with Crippen LogP contribution in [0.4, 0.5) is 0 Å². The van der Waals surface area contributed by atoms with E-state index in [4.69, 9.17) is 14.2 Å². The average molecular weight is 946 g/mol. The Morgan fingerprint density at radius 3 is 1.07 bits per heavy atom. The highest BCUT2D eigenvalue weighted by molar-refractivity contribution is 5.71. The summed E-state index contributed by atoms with van der Waals surface area (Å²) in [4.78, 5) is 38.1. The van der Waals surface area contributed by atoms with Crippen molar-refractivity contribution in [3.63, 3.8) is 0 Å². The largest absolute Gasteiger partial charge is 0.462 e. The van der Waals surface area contributed by atoms with Gasteiger partial charge in [0.2, 0.25) is 0 Å². The summed E-state index contributed by atoms with van der Waals surface area (Å²) in [6.45, 7) is 6.43. The molecule has 0 heterocycles. The minimum absolute atomic E-state index is 0.114. The lowest BCUT2D eigenvalue weighted by molar-refractivity contribution is -0.166. The zero-order chi connectivity index (χ0) is 49.3. The summed E-state index contributed by atoms with van der Waals surface area (Å²) in [7, 11) is 0. The minimum Gasteiger partial charge on any atom is -0.462 e. The summed E-state index contributed by atoms with van der Waals surface area (Å²) in [6, 6.07) is 0. The van der Waals surface area contributed by atoms with Gasteiger partial charge in [-0.15, -0.1) is 0 Å². The molecular formula is C62H104O6. The maximum atomic E-state index is 12.8. The van der Waals surface area contributed by atoms with Crippen molar-refractivity contribution in [1.29, 1.82) is 0 Å². The van der Waals surface area contributed by atoms with Gasteiger partial charge >= 0.3 is 17.9 Å². The Kier molecular flexibility index (Phi) is 52.9. The molecule has 0 rings (SSSR count). The van der Waals surface area contributed by atoms with Crippen LogP contribution in [-0.4, -0.2) is 37.2 Å². The van der Waals surface area contributed by atoms with Crippen molar-refractivity contribution in [3.8, 4) is 0 Å². The molecule has 0 amide bonds. The molecule has 0 saturated carbocycles.